The Kier molecular flexibility index (Phi) is 6.49. The second kappa shape index (κ2) is 10.0. The Morgan fingerprint density at radius 3 is 2.62 bits per heavy atom. The van der Waals surface area contributed by atoms with Crippen LogP contribution >= 0.6 is 0 Å². The number of benzene rings is 2. The van der Waals surface area contributed by atoms with Gasteiger partial charge in [0.1, 0.15) is 26.0 Å². The molecule has 2 aromatic carbocycles. The Morgan fingerprint density at radius 2 is 1.90 bits per heavy atom. The van der Waals surface area contributed by atoms with Crippen LogP contribution in [0.4, 0.5) is 5.82 Å². The van der Waals surface area contributed by atoms with Gasteiger partial charge in [-0.1, -0.05) is 56.7 Å². The number of anilines is 1. The third-order valence-electron chi connectivity index (χ3n) is 7.97. The van der Waals surface area contributed by atoms with Gasteiger partial charge >= 0.3 is 5.69 Å². The number of allylic oxidation sites excluding steroid dienone is 1. The van der Waals surface area contributed by atoms with Crippen LogP contribution in [0.2, 0.25) is 0 Å². The van der Waals surface area contributed by atoms with E-state index in [2.05, 4.69) is 47.9 Å². The first kappa shape index (κ1) is 25.9. The van der Waals surface area contributed by atoms with E-state index in [4.69, 9.17) is 17.6 Å². The van der Waals surface area contributed by atoms with Crippen LogP contribution in [0.1, 0.15) is 36.6 Å². The SMILES string of the molecule is [B]c1c2c(cc3c(N4CCN(C(=C)C=C)CC4)nc(=O)n(-c4c(C)ccnc4C(C)C)c13)OCc1ccccc1-2. The Bertz CT molecular complexity index is 1730. The van der Waals surface area contributed by atoms with E-state index in [1.165, 1.54) is 0 Å². The Labute approximate surface area is 235 Å². The minimum Gasteiger partial charge on any atom is -0.488 e. The van der Waals surface area contributed by atoms with Crippen LogP contribution in [-0.2, 0) is 6.61 Å². The van der Waals surface area contributed by atoms with Crippen molar-refractivity contribution >= 4 is 30.0 Å². The van der Waals surface area contributed by atoms with Crippen molar-refractivity contribution < 1.29 is 4.74 Å². The molecule has 1 fully saturated rings. The number of piperazine rings is 1. The van der Waals surface area contributed by atoms with Crippen LogP contribution in [-0.4, -0.2) is 53.5 Å². The fraction of sp³-hybridized carbons (Fsp3) is 0.281. The maximum absolute atomic E-state index is 14.1. The summed E-state index contributed by atoms with van der Waals surface area (Å²) in [4.78, 5) is 27.8. The first-order chi connectivity index (χ1) is 19.3. The van der Waals surface area contributed by atoms with E-state index in [1.807, 2.05) is 37.3 Å². The molecule has 0 aliphatic carbocycles. The molecule has 8 heteroatoms. The van der Waals surface area contributed by atoms with Gasteiger partial charge in [-0.05, 0) is 47.7 Å². The van der Waals surface area contributed by atoms with Gasteiger partial charge in [-0.3, -0.25) is 9.55 Å². The standard InChI is InChI=1S/C32H32BN5O2/c1-6-21(5)36-13-15-37(16-14-36)31-24-17-25-26(23-10-8-7-9-22(23)18-40-25)27(33)30(24)38(32(39)35-31)29-20(4)11-12-34-28(29)19(2)3/h6-12,17,19H,1,5,13-16,18H2,2-4H3. The van der Waals surface area contributed by atoms with E-state index in [0.717, 1.165) is 57.8 Å². The van der Waals surface area contributed by atoms with E-state index in [-0.39, 0.29) is 11.6 Å². The summed E-state index contributed by atoms with van der Waals surface area (Å²) in [5, 5.41) is 0.782. The van der Waals surface area contributed by atoms with Gasteiger partial charge in [0.2, 0.25) is 0 Å². The van der Waals surface area contributed by atoms with Crippen LogP contribution in [0, 0.1) is 6.92 Å². The Balaban J connectivity index is 1.65. The van der Waals surface area contributed by atoms with Crippen LogP contribution in [0.5, 0.6) is 5.75 Å². The molecule has 0 unspecified atom stereocenters. The van der Waals surface area contributed by atoms with Crippen molar-refractivity contribution in [3.05, 3.63) is 94.8 Å². The first-order valence-corrected chi connectivity index (χ1v) is 13.7. The fourth-order valence-corrected chi connectivity index (χ4v) is 5.88. The predicted molar refractivity (Wildman–Crippen MR) is 162 cm³/mol. The maximum atomic E-state index is 14.1. The molecule has 0 amide bonds. The van der Waals surface area contributed by atoms with Crippen LogP contribution in [0.3, 0.4) is 0 Å². The molecule has 1 saturated heterocycles. The number of fused-ring (bicyclic) bond motifs is 4. The molecular formula is C32H32BN5O2. The summed E-state index contributed by atoms with van der Waals surface area (Å²) in [6.07, 6.45) is 3.56. The molecule has 7 nitrogen and oxygen atoms in total. The summed E-state index contributed by atoms with van der Waals surface area (Å²) in [5.41, 5.74) is 7.01. The predicted octanol–water partition coefficient (Wildman–Crippen LogP) is 4.39. The zero-order valence-corrected chi connectivity index (χ0v) is 23.3. The largest absolute Gasteiger partial charge is 0.488 e. The smallest absolute Gasteiger partial charge is 0.354 e. The number of aryl methyl sites for hydroxylation is 1. The van der Waals surface area contributed by atoms with E-state index in [9.17, 15) is 4.79 Å². The number of rotatable bonds is 5. The zero-order valence-electron chi connectivity index (χ0n) is 23.3. The second-order valence-corrected chi connectivity index (χ2v) is 10.7. The van der Waals surface area contributed by atoms with Gasteiger partial charge in [0.05, 0.1) is 16.9 Å². The lowest BCUT2D eigenvalue weighted by atomic mass is 9.81. The highest BCUT2D eigenvalue weighted by molar-refractivity contribution is 6.43. The molecule has 2 aliphatic heterocycles. The van der Waals surface area contributed by atoms with Crippen molar-refractivity contribution in [3.63, 3.8) is 0 Å². The second-order valence-electron chi connectivity index (χ2n) is 10.7. The molecular weight excluding hydrogens is 497 g/mol. The minimum absolute atomic E-state index is 0.0884. The monoisotopic (exact) mass is 529 g/mol. The number of hydrogen-bond acceptors (Lipinski definition) is 6. The molecule has 0 spiro atoms. The molecule has 4 heterocycles. The quantitative estimate of drug-likeness (QED) is 0.283. The molecule has 2 aliphatic rings. The van der Waals surface area contributed by atoms with Crippen molar-refractivity contribution in [2.45, 2.75) is 33.3 Å². The van der Waals surface area contributed by atoms with Gasteiger partial charge in [-0.2, -0.15) is 4.98 Å². The number of pyridine rings is 1. The summed E-state index contributed by atoms with van der Waals surface area (Å²) >= 11 is 0. The van der Waals surface area contributed by atoms with Crippen LogP contribution in [0.25, 0.3) is 27.7 Å². The first-order valence-electron chi connectivity index (χ1n) is 13.7. The topological polar surface area (TPSA) is 63.5 Å². The van der Waals surface area contributed by atoms with E-state index < -0.39 is 0 Å². The van der Waals surface area contributed by atoms with Gasteiger partial charge in [0.25, 0.3) is 0 Å². The summed E-state index contributed by atoms with van der Waals surface area (Å²) in [6.45, 7) is 17.4. The van der Waals surface area contributed by atoms with Crippen molar-refractivity contribution in [2.75, 3.05) is 31.1 Å². The molecule has 2 aromatic heterocycles. The van der Waals surface area contributed by atoms with E-state index >= 15 is 0 Å². The number of ether oxygens (including phenoxy) is 1. The highest BCUT2D eigenvalue weighted by atomic mass is 16.5. The van der Waals surface area contributed by atoms with Crippen molar-refractivity contribution in [1.29, 1.82) is 0 Å². The average molecular weight is 529 g/mol. The number of aromatic nitrogens is 3. The normalized spacial score (nSPS) is 14.6. The molecule has 0 atom stereocenters. The van der Waals surface area contributed by atoms with Gasteiger partial charge in [0, 0.05) is 49.0 Å². The minimum atomic E-state index is -0.380. The fourth-order valence-electron chi connectivity index (χ4n) is 5.88. The van der Waals surface area contributed by atoms with Gasteiger partial charge in [0.15, 0.2) is 0 Å². The van der Waals surface area contributed by atoms with E-state index in [0.29, 0.717) is 42.2 Å². The summed E-state index contributed by atoms with van der Waals surface area (Å²) < 4.78 is 7.91. The van der Waals surface area contributed by atoms with Gasteiger partial charge < -0.3 is 14.5 Å². The third kappa shape index (κ3) is 4.10. The average Bonchev–Trinajstić information content (AvgIpc) is 2.96. The summed E-state index contributed by atoms with van der Waals surface area (Å²) in [6, 6.07) is 12.0. The maximum Gasteiger partial charge on any atom is 0.354 e. The summed E-state index contributed by atoms with van der Waals surface area (Å²) in [7, 11) is 7.08. The third-order valence-corrected chi connectivity index (χ3v) is 7.97. The number of nitrogens with zero attached hydrogens (tertiary/aromatic N) is 5. The lowest BCUT2D eigenvalue weighted by Gasteiger charge is -2.37. The van der Waals surface area contributed by atoms with Crippen LogP contribution < -0.4 is 20.8 Å². The van der Waals surface area contributed by atoms with Crippen molar-refractivity contribution in [2.24, 2.45) is 0 Å². The van der Waals surface area contributed by atoms with Crippen molar-refractivity contribution in [3.8, 4) is 22.6 Å². The lowest BCUT2D eigenvalue weighted by Crippen LogP contribution is -2.46. The van der Waals surface area contributed by atoms with Crippen LogP contribution in [0.15, 0.2) is 72.3 Å². The lowest BCUT2D eigenvalue weighted by molar-refractivity contribution is 0.303. The highest BCUT2D eigenvalue weighted by Gasteiger charge is 2.28. The molecule has 6 rings (SSSR count). The number of hydrogen-bond donors (Lipinski definition) is 0. The molecule has 2 radical (unpaired) electrons. The highest BCUT2D eigenvalue weighted by Crippen LogP contribution is 2.40. The Morgan fingerprint density at radius 1 is 1.15 bits per heavy atom. The summed E-state index contributed by atoms with van der Waals surface area (Å²) in [5.74, 6) is 1.40. The molecule has 0 saturated carbocycles. The zero-order chi connectivity index (χ0) is 28.1. The molecule has 0 bridgehead atoms. The Hall–Kier alpha value is -4.33. The van der Waals surface area contributed by atoms with Crippen molar-refractivity contribution in [1.82, 2.24) is 19.4 Å². The molecule has 0 N–H and O–H groups in total. The molecule has 200 valence electrons. The molecule has 4 aromatic rings. The molecule has 40 heavy (non-hydrogen) atoms. The van der Waals surface area contributed by atoms with E-state index in [1.54, 1.807) is 16.8 Å². The van der Waals surface area contributed by atoms with Gasteiger partial charge in [-0.25, -0.2) is 4.79 Å². The van der Waals surface area contributed by atoms with Gasteiger partial charge in [-0.15, -0.1) is 0 Å².